The number of hydrogen-bond acceptors (Lipinski definition) is 15. The molecule has 0 spiro atoms. The number of phosphoric ester groups is 2. The number of unbranched alkanes of at least 4 members (excludes halogenated alkanes) is 32. The van der Waals surface area contributed by atoms with Crippen molar-refractivity contribution in [3.05, 3.63) is 0 Å². The Kier molecular flexibility index (Phi) is 59.4. The minimum Gasteiger partial charge on any atom is -0.462 e. The molecule has 3 N–H and O–H groups in total. The number of aliphatic hydroxyl groups is 1. The Labute approximate surface area is 549 Å². The number of hydrogen-bond donors (Lipinski definition) is 3. The van der Waals surface area contributed by atoms with Crippen LogP contribution in [0.25, 0.3) is 0 Å². The fourth-order valence-corrected chi connectivity index (χ4v) is 12.2. The van der Waals surface area contributed by atoms with E-state index in [1.165, 1.54) is 154 Å². The molecule has 0 aliphatic carbocycles. The Hall–Kier alpha value is -1.94. The molecule has 0 aromatic rings. The van der Waals surface area contributed by atoms with Gasteiger partial charge >= 0.3 is 39.5 Å². The van der Waals surface area contributed by atoms with Crippen molar-refractivity contribution >= 4 is 39.5 Å². The lowest BCUT2D eigenvalue weighted by Gasteiger charge is -2.21. The van der Waals surface area contributed by atoms with E-state index in [4.69, 9.17) is 37.0 Å². The van der Waals surface area contributed by atoms with E-state index in [0.29, 0.717) is 25.7 Å². The molecule has 0 rings (SSSR count). The predicted molar refractivity (Wildman–Crippen MR) is 363 cm³/mol. The van der Waals surface area contributed by atoms with Crippen LogP contribution in [-0.2, 0) is 65.4 Å². The van der Waals surface area contributed by atoms with Gasteiger partial charge in [-0.2, -0.15) is 0 Å². The quantitative estimate of drug-likeness (QED) is 0.0222. The number of aliphatic hydroxyl groups excluding tert-OH is 1. The predicted octanol–water partition coefficient (Wildman–Crippen LogP) is 20.1. The third-order valence-corrected chi connectivity index (χ3v) is 18.9. The Balaban J connectivity index is 5.20. The van der Waals surface area contributed by atoms with Gasteiger partial charge in [-0.1, -0.05) is 299 Å². The molecule has 0 aliphatic rings. The highest BCUT2D eigenvalue weighted by atomic mass is 31.2. The maximum Gasteiger partial charge on any atom is 0.472 e. The average molecular weight is 1330 g/mol. The van der Waals surface area contributed by atoms with E-state index >= 15 is 0 Å². The van der Waals surface area contributed by atoms with Gasteiger partial charge in [0.25, 0.3) is 0 Å². The largest absolute Gasteiger partial charge is 0.472 e. The molecular weight excluding hydrogens is 1190 g/mol. The van der Waals surface area contributed by atoms with E-state index < -0.39 is 97.5 Å². The molecule has 0 saturated carbocycles. The normalized spacial score (nSPS) is 14.9. The number of phosphoric acid groups is 2. The van der Waals surface area contributed by atoms with Gasteiger partial charge < -0.3 is 33.8 Å². The fraction of sp³-hybridized carbons (Fsp3) is 0.944. The molecule has 0 saturated heterocycles. The molecule has 0 bridgehead atoms. The summed E-state index contributed by atoms with van der Waals surface area (Å²) in [6, 6.07) is 0. The first kappa shape index (κ1) is 88.1. The Morgan fingerprint density at radius 1 is 0.311 bits per heavy atom. The average Bonchev–Trinajstić information content (AvgIpc) is 3.70. The zero-order valence-corrected chi connectivity index (χ0v) is 60.6. The summed E-state index contributed by atoms with van der Waals surface area (Å²) in [6.45, 7) is 14.1. The van der Waals surface area contributed by atoms with Crippen molar-refractivity contribution in [1.29, 1.82) is 0 Å². The van der Waals surface area contributed by atoms with Crippen molar-refractivity contribution in [1.82, 2.24) is 0 Å². The molecule has 534 valence electrons. The van der Waals surface area contributed by atoms with Crippen LogP contribution in [0, 0.1) is 23.7 Å². The van der Waals surface area contributed by atoms with Crippen LogP contribution in [0.15, 0.2) is 0 Å². The smallest absolute Gasteiger partial charge is 0.462 e. The van der Waals surface area contributed by atoms with E-state index in [1.807, 2.05) is 0 Å². The van der Waals surface area contributed by atoms with Crippen molar-refractivity contribution in [3.8, 4) is 0 Å². The minimum absolute atomic E-state index is 0.103. The molecule has 0 aliphatic heterocycles. The lowest BCUT2D eigenvalue weighted by molar-refractivity contribution is -0.161. The topological polar surface area (TPSA) is 237 Å². The third kappa shape index (κ3) is 62.2. The second-order valence-electron chi connectivity index (χ2n) is 27.1. The first-order valence-electron chi connectivity index (χ1n) is 36.8. The molecule has 0 radical (unpaired) electrons. The molecule has 19 heteroatoms. The summed E-state index contributed by atoms with van der Waals surface area (Å²) in [5.74, 6) is 0.882. The lowest BCUT2D eigenvalue weighted by atomic mass is 9.99. The highest BCUT2D eigenvalue weighted by molar-refractivity contribution is 7.47. The van der Waals surface area contributed by atoms with Crippen LogP contribution in [0.4, 0.5) is 0 Å². The Morgan fingerprint density at radius 3 is 0.789 bits per heavy atom. The second-order valence-corrected chi connectivity index (χ2v) is 30.0. The molecule has 90 heavy (non-hydrogen) atoms. The third-order valence-electron chi connectivity index (χ3n) is 17.0. The maximum atomic E-state index is 13.0. The van der Waals surface area contributed by atoms with Gasteiger partial charge in [0, 0.05) is 25.7 Å². The molecule has 17 nitrogen and oxygen atoms in total. The van der Waals surface area contributed by atoms with Gasteiger partial charge in [0.05, 0.1) is 26.4 Å². The highest BCUT2D eigenvalue weighted by Gasteiger charge is 2.30. The molecule has 0 amide bonds. The number of carbonyl (C=O) groups excluding carboxylic acids is 4. The summed E-state index contributed by atoms with van der Waals surface area (Å²) in [5.41, 5.74) is 0. The van der Waals surface area contributed by atoms with Gasteiger partial charge in [-0.25, -0.2) is 9.13 Å². The molecule has 0 aromatic heterocycles. The molecule has 0 aromatic carbocycles. The Morgan fingerprint density at radius 2 is 0.533 bits per heavy atom. The van der Waals surface area contributed by atoms with Crippen LogP contribution < -0.4 is 0 Å². The Bertz CT molecular complexity index is 1790. The van der Waals surface area contributed by atoms with Gasteiger partial charge in [-0.05, 0) is 49.4 Å². The van der Waals surface area contributed by atoms with E-state index in [2.05, 4.69) is 55.4 Å². The van der Waals surface area contributed by atoms with Gasteiger partial charge in [0.2, 0.25) is 0 Å². The lowest BCUT2D eigenvalue weighted by Crippen LogP contribution is -2.30. The number of rotatable bonds is 68. The summed E-state index contributed by atoms with van der Waals surface area (Å²) in [4.78, 5) is 72.5. The SMILES string of the molecule is CCC(C)CCCCCCCCCCCCCCCCC(=O)OC[C@H](COP(=O)(O)OCC(O)COP(=O)(O)OC[C@@H](COC(=O)CCCCCCCCCCC(C)C)OC(=O)CCCCCCCCCCC(C)C)OC(=O)CCCCCCCCC(C)CC. The summed E-state index contributed by atoms with van der Waals surface area (Å²) < 4.78 is 68.3. The minimum atomic E-state index is -4.95. The van der Waals surface area contributed by atoms with Crippen molar-refractivity contribution < 1.29 is 80.2 Å². The van der Waals surface area contributed by atoms with Gasteiger partial charge in [0.1, 0.15) is 19.3 Å². The fourth-order valence-electron chi connectivity index (χ4n) is 10.6. The summed E-state index contributed by atoms with van der Waals surface area (Å²) in [7, 11) is -9.90. The maximum absolute atomic E-state index is 13.0. The molecule has 5 unspecified atom stereocenters. The number of carbonyl (C=O) groups is 4. The van der Waals surface area contributed by atoms with Crippen molar-refractivity contribution in [2.75, 3.05) is 39.6 Å². The first-order chi connectivity index (χ1) is 43.2. The van der Waals surface area contributed by atoms with Gasteiger partial charge in [-0.15, -0.1) is 0 Å². The monoisotopic (exact) mass is 1320 g/mol. The number of ether oxygens (including phenoxy) is 4. The van der Waals surface area contributed by atoms with Gasteiger partial charge in [0.15, 0.2) is 12.2 Å². The van der Waals surface area contributed by atoms with E-state index in [-0.39, 0.29) is 25.7 Å². The van der Waals surface area contributed by atoms with Crippen molar-refractivity contribution in [3.63, 3.8) is 0 Å². The van der Waals surface area contributed by atoms with Gasteiger partial charge in [-0.3, -0.25) is 37.3 Å². The molecular formula is C71H138O17P2. The summed E-state index contributed by atoms with van der Waals surface area (Å²) in [5, 5.41) is 10.6. The first-order valence-corrected chi connectivity index (χ1v) is 39.8. The van der Waals surface area contributed by atoms with E-state index in [0.717, 1.165) is 114 Å². The van der Waals surface area contributed by atoms with Crippen LogP contribution in [0.3, 0.4) is 0 Å². The van der Waals surface area contributed by atoms with Crippen LogP contribution in [0.1, 0.15) is 351 Å². The summed E-state index contributed by atoms with van der Waals surface area (Å²) >= 11 is 0. The van der Waals surface area contributed by atoms with E-state index in [9.17, 15) is 43.2 Å². The zero-order chi connectivity index (χ0) is 66.8. The highest BCUT2D eigenvalue weighted by Crippen LogP contribution is 2.45. The van der Waals surface area contributed by atoms with Crippen molar-refractivity contribution in [2.24, 2.45) is 23.7 Å². The standard InChI is InChI=1S/C71H138O17P2/c1-9-63(7)49-41-33-25-17-15-13-11-12-14-16-18-26-35-43-51-68(73)81-58-67(88-71(76)54-46-38-30-29-34-42-50-64(8)10-2)60-86-90(79,80)84-56-65(72)55-83-89(77,78)85-59-66(87-70(75)53-45-37-28-22-20-24-32-40-48-62(5)6)57-82-69(74)52-44-36-27-21-19-23-31-39-47-61(3)4/h61-67,72H,9-60H2,1-8H3,(H,77,78)(H,79,80)/t63?,64?,65?,66-,67-/m1/s1. The molecule has 0 heterocycles. The van der Waals surface area contributed by atoms with Crippen LogP contribution in [0.5, 0.6) is 0 Å². The van der Waals surface area contributed by atoms with Crippen LogP contribution in [0.2, 0.25) is 0 Å². The molecule has 0 fully saturated rings. The zero-order valence-electron chi connectivity index (χ0n) is 58.8. The number of esters is 4. The summed E-state index contributed by atoms with van der Waals surface area (Å²) in [6.07, 6.45) is 43.2. The molecule has 7 atom stereocenters. The van der Waals surface area contributed by atoms with Crippen molar-refractivity contribution in [2.45, 2.75) is 369 Å². The van der Waals surface area contributed by atoms with E-state index in [1.54, 1.807) is 0 Å². The van der Waals surface area contributed by atoms with Crippen LogP contribution >= 0.6 is 15.6 Å². The van der Waals surface area contributed by atoms with Crippen LogP contribution in [-0.4, -0.2) is 96.7 Å². The second kappa shape index (κ2) is 60.7.